The fourth-order valence-electron chi connectivity index (χ4n) is 4.36. The fourth-order valence-corrected chi connectivity index (χ4v) is 7.77. The summed E-state index contributed by atoms with van der Waals surface area (Å²) in [6, 6.07) is 44.4. The first-order valence-corrected chi connectivity index (χ1v) is 15.2. The molecule has 5 aromatic carbocycles. The van der Waals surface area contributed by atoms with E-state index in [1.54, 1.807) is 0 Å². The zero-order valence-corrected chi connectivity index (χ0v) is 24.2. The van der Waals surface area contributed by atoms with Crippen molar-refractivity contribution in [1.82, 2.24) is 0 Å². The van der Waals surface area contributed by atoms with E-state index < -0.39 is 0 Å². The fraction of sp³-hybridized carbons (Fsp3) is 0.0909. The molecule has 0 aromatic heterocycles. The van der Waals surface area contributed by atoms with Gasteiger partial charge in [0.25, 0.3) is 0 Å². The SMILES string of the molecule is Cc1cc(C)c(I)c(Cc2ccc(Sc3ccc([S+](c4ccccc4)c4ccccc4)cc3)cc2)c1. The molecule has 5 aromatic rings. The summed E-state index contributed by atoms with van der Waals surface area (Å²) >= 11 is 4.31. The van der Waals surface area contributed by atoms with Crippen molar-refractivity contribution in [3.8, 4) is 0 Å². The molecule has 0 saturated carbocycles. The van der Waals surface area contributed by atoms with Gasteiger partial charge < -0.3 is 0 Å². The van der Waals surface area contributed by atoms with Crippen LogP contribution >= 0.6 is 34.4 Å². The first kappa shape index (κ1) is 25.2. The number of aryl methyl sites for hydroxylation is 2. The first-order valence-electron chi connectivity index (χ1n) is 12.0. The molecule has 0 aliphatic carbocycles. The molecule has 0 atom stereocenters. The second-order valence-corrected chi connectivity index (χ2v) is 13.1. The standard InChI is InChI=1S/C33H28IS2/c1-24-21-25(2)33(34)27(22-24)23-26-13-15-28(16-14-26)35-29-17-19-32(20-18-29)36(30-9-5-3-6-10-30)31-11-7-4-8-12-31/h3-22H,23H2,1-2H3/q+1. The lowest BCUT2D eigenvalue weighted by Gasteiger charge is -2.10. The van der Waals surface area contributed by atoms with Crippen molar-refractivity contribution in [3.63, 3.8) is 0 Å². The molecule has 5 rings (SSSR count). The van der Waals surface area contributed by atoms with E-state index >= 15 is 0 Å². The molecular weight excluding hydrogens is 587 g/mol. The Morgan fingerprint density at radius 1 is 0.611 bits per heavy atom. The van der Waals surface area contributed by atoms with E-state index in [4.69, 9.17) is 0 Å². The van der Waals surface area contributed by atoms with E-state index in [1.807, 2.05) is 11.8 Å². The summed E-state index contributed by atoms with van der Waals surface area (Å²) in [4.78, 5) is 6.57. The van der Waals surface area contributed by atoms with Gasteiger partial charge in [0.05, 0.1) is 10.9 Å². The third-order valence-corrected chi connectivity index (χ3v) is 10.8. The lowest BCUT2D eigenvalue weighted by atomic mass is 10.0. The zero-order valence-electron chi connectivity index (χ0n) is 20.4. The van der Waals surface area contributed by atoms with E-state index in [9.17, 15) is 0 Å². The van der Waals surface area contributed by atoms with Crippen molar-refractivity contribution in [2.45, 2.75) is 44.7 Å². The van der Waals surface area contributed by atoms with Gasteiger partial charge in [0.2, 0.25) is 0 Å². The molecule has 0 nitrogen and oxygen atoms in total. The van der Waals surface area contributed by atoms with Crippen LogP contribution in [0.5, 0.6) is 0 Å². The van der Waals surface area contributed by atoms with Gasteiger partial charge in [0.15, 0.2) is 14.7 Å². The van der Waals surface area contributed by atoms with Gasteiger partial charge in [-0.2, -0.15) is 0 Å². The molecule has 0 aliphatic rings. The van der Waals surface area contributed by atoms with Crippen LogP contribution in [0.4, 0.5) is 0 Å². The minimum atomic E-state index is -0.107. The molecule has 0 spiro atoms. The smallest absolute Gasteiger partial charge is 0.0901 e. The van der Waals surface area contributed by atoms with Crippen LogP contribution in [0, 0.1) is 17.4 Å². The summed E-state index contributed by atoms with van der Waals surface area (Å²) in [7, 11) is -0.107. The highest BCUT2D eigenvalue weighted by Gasteiger charge is 2.28. The van der Waals surface area contributed by atoms with E-state index in [1.165, 1.54) is 50.3 Å². The number of halogens is 1. The number of benzene rings is 5. The Balaban J connectivity index is 1.32. The molecule has 178 valence electrons. The number of rotatable bonds is 7. The Hall–Kier alpha value is -2.47. The maximum atomic E-state index is 2.48. The Morgan fingerprint density at radius 2 is 1.11 bits per heavy atom. The molecule has 0 saturated heterocycles. The highest BCUT2D eigenvalue weighted by Crippen LogP contribution is 2.34. The summed E-state index contributed by atoms with van der Waals surface area (Å²) in [5.74, 6) is 0. The van der Waals surface area contributed by atoms with Crippen LogP contribution in [0.25, 0.3) is 0 Å². The monoisotopic (exact) mass is 615 g/mol. The molecule has 36 heavy (non-hydrogen) atoms. The zero-order chi connectivity index (χ0) is 24.9. The van der Waals surface area contributed by atoms with Crippen LogP contribution in [0.1, 0.15) is 22.3 Å². The molecule has 3 heteroatoms. The third-order valence-electron chi connectivity index (χ3n) is 6.05. The molecule has 0 radical (unpaired) electrons. The van der Waals surface area contributed by atoms with Crippen LogP contribution in [-0.2, 0) is 17.3 Å². The van der Waals surface area contributed by atoms with Crippen LogP contribution in [0.2, 0.25) is 0 Å². The largest absolute Gasteiger partial charge is 0.166 e. The van der Waals surface area contributed by atoms with Crippen LogP contribution in [0.3, 0.4) is 0 Å². The third kappa shape index (κ3) is 6.08. The minimum absolute atomic E-state index is 0.107. The predicted octanol–water partition coefficient (Wildman–Crippen LogP) is 9.75. The predicted molar refractivity (Wildman–Crippen MR) is 163 cm³/mol. The lowest BCUT2D eigenvalue weighted by molar-refractivity contribution is 1.14. The summed E-state index contributed by atoms with van der Waals surface area (Å²) in [6.45, 7) is 4.38. The Kier molecular flexibility index (Phi) is 8.20. The highest BCUT2D eigenvalue weighted by molar-refractivity contribution is 14.1. The molecule has 0 unspecified atom stereocenters. The molecule has 0 heterocycles. The van der Waals surface area contributed by atoms with E-state index in [-0.39, 0.29) is 10.9 Å². The van der Waals surface area contributed by atoms with Crippen LogP contribution in [-0.4, -0.2) is 0 Å². The van der Waals surface area contributed by atoms with Crippen molar-refractivity contribution in [3.05, 3.63) is 147 Å². The lowest BCUT2D eigenvalue weighted by Crippen LogP contribution is -2.04. The van der Waals surface area contributed by atoms with Gasteiger partial charge in [0, 0.05) is 13.4 Å². The summed E-state index contributed by atoms with van der Waals surface area (Å²) in [5.41, 5.74) is 5.47. The Bertz CT molecular complexity index is 1390. The van der Waals surface area contributed by atoms with Gasteiger partial charge >= 0.3 is 0 Å². The first-order chi connectivity index (χ1) is 17.6. The molecule has 0 bridgehead atoms. The number of hydrogen-bond donors (Lipinski definition) is 0. The van der Waals surface area contributed by atoms with Crippen molar-refractivity contribution in [2.24, 2.45) is 0 Å². The van der Waals surface area contributed by atoms with Gasteiger partial charge in [-0.1, -0.05) is 78.0 Å². The van der Waals surface area contributed by atoms with Gasteiger partial charge in [-0.25, -0.2) is 0 Å². The maximum absolute atomic E-state index is 2.48. The summed E-state index contributed by atoms with van der Waals surface area (Å²) in [6.07, 6.45) is 0.974. The summed E-state index contributed by atoms with van der Waals surface area (Å²) in [5, 5.41) is 0. The second kappa shape index (κ2) is 11.7. The average Bonchev–Trinajstić information content (AvgIpc) is 2.90. The molecular formula is C33H28IS2+. The molecule has 0 aliphatic heterocycles. The van der Waals surface area contributed by atoms with Gasteiger partial charge in [-0.05, 0) is 120 Å². The molecule has 0 N–H and O–H groups in total. The average molecular weight is 616 g/mol. The Morgan fingerprint density at radius 3 is 1.67 bits per heavy atom. The van der Waals surface area contributed by atoms with Crippen LogP contribution < -0.4 is 0 Å². The highest BCUT2D eigenvalue weighted by atomic mass is 127. The van der Waals surface area contributed by atoms with E-state index in [0.29, 0.717) is 0 Å². The van der Waals surface area contributed by atoms with Gasteiger partial charge in [-0.15, -0.1) is 0 Å². The van der Waals surface area contributed by atoms with Crippen molar-refractivity contribution >= 4 is 45.2 Å². The van der Waals surface area contributed by atoms with Gasteiger partial charge in [-0.3, -0.25) is 0 Å². The quantitative estimate of drug-likeness (QED) is 0.130. The minimum Gasteiger partial charge on any atom is -0.0901 e. The van der Waals surface area contributed by atoms with E-state index in [2.05, 4.69) is 158 Å². The van der Waals surface area contributed by atoms with E-state index in [0.717, 1.165) is 6.42 Å². The topological polar surface area (TPSA) is 0 Å². The van der Waals surface area contributed by atoms with Crippen molar-refractivity contribution in [2.75, 3.05) is 0 Å². The summed E-state index contributed by atoms with van der Waals surface area (Å²) < 4.78 is 1.38. The van der Waals surface area contributed by atoms with Crippen molar-refractivity contribution in [1.29, 1.82) is 0 Å². The van der Waals surface area contributed by atoms with Gasteiger partial charge in [0.1, 0.15) is 0 Å². The molecule has 0 fully saturated rings. The normalized spacial score (nSPS) is 11.1. The molecule has 0 amide bonds. The van der Waals surface area contributed by atoms with Crippen LogP contribution in [0.15, 0.2) is 146 Å². The maximum Gasteiger partial charge on any atom is 0.166 e. The van der Waals surface area contributed by atoms with Crippen molar-refractivity contribution < 1.29 is 0 Å². The Labute approximate surface area is 235 Å². The second-order valence-electron chi connectivity index (χ2n) is 8.88. The number of hydrogen-bond acceptors (Lipinski definition) is 1.